The lowest BCUT2D eigenvalue weighted by Crippen LogP contribution is -2.15. The fourth-order valence-corrected chi connectivity index (χ4v) is 2.03. The summed E-state index contributed by atoms with van der Waals surface area (Å²) < 4.78 is 32.8. The molecule has 0 saturated heterocycles. The zero-order chi connectivity index (χ0) is 17.8. The highest BCUT2D eigenvalue weighted by atomic mass is 19.1. The van der Waals surface area contributed by atoms with Gasteiger partial charge in [0.15, 0.2) is 6.61 Å². The van der Waals surface area contributed by atoms with Crippen molar-refractivity contribution < 1.29 is 23.1 Å². The van der Waals surface area contributed by atoms with E-state index in [4.69, 9.17) is 4.74 Å². The largest absolute Gasteiger partial charge is 0.454 e. The Labute approximate surface area is 139 Å². The number of ketones is 1. The summed E-state index contributed by atoms with van der Waals surface area (Å²) in [6, 6.07) is 8.58. The first-order chi connectivity index (χ1) is 12.0. The average molecular weight is 344 g/mol. The summed E-state index contributed by atoms with van der Waals surface area (Å²) in [5.74, 6) is -3.24. The zero-order valence-corrected chi connectivity index (χ0v) is 12.6. The number of benzene rings is 2. The molecule has 0 aliphatic rings. The summed E-state index contributed by atoms with van der Waals surface area (Å²) >= 11 is 0. The van der Waals surface area contributed by atoms with Crippen LogP contribution in [0.3, 0.4) is 0 Å². The van der Waals surface area contributed by atoms with Crippen molar-refractivity contribution >= 4 is 11.8 Å². The van der Waals surface area contributed by atoms with Gasteiger partial charge in [-0.05, 0) is 52.9 Å². The molecule has 0 N–H and O–H groups in total. The predicted molar refractivity (Wildman–Crippen MR) is 80.1 cm³/mol. The molecule has 0 aliphatic carbocycles. The molecule has 3 rings (SSSR count). The molecule has 0 radical (unpaired) electrons. The third-order valence-corrected chi connectivity index (χ3v) is 3.28. The minimum absolute atomic E-state index is 0.185. The third kappa shape index (κ3) is 3.71. The van der Waals surface area contributed by atoms with Crippen LogP contribution in [-0.2, 0) is 4.74 Å². The number of rotatable bonds is 5. The van der Waals surface area contributed by atoms with Crippen molar-refractivity contribution in [2.75, 3.05) is 6.61 Å². The highest BCUT2D eigenvalue weighted by Crippen LogP contribution is 2.12. The number of hydrogen-bond acceptors (Lipinski definition) is 6. The first-order valence-electron chi connectivity index (χ1n) is 7.03. The van der Waals surface area contributed by atoms with E-state index in [9.17, 15) is 18.4 Å². The molecule has 7 nitrogen and oxygen atoms in total. The van der Waals surface area contributed by atoms with E-state index >= 15 is 0 Å². The molecule has 25 heavy (non-hydrogen) atoms. The molecular formula is C16H10F2N4O3. The molecule has 126 valence electrons. The molecule has 0 amide bonds. The average Bonchev–Trinajstić information content (AvgIpc) is 3.16. The van der Waals surface area contributed by atoms with Crippen molar-refractivity contribution in [3.05, 3.63) is 71.6 Å². The summed E-state index contributed by atoms with van der Waals surface area (Å²) in [7, 11) is 0. The summed E-state index contributed by atoms with van der Waals surface area (Å²) in [6.07, 6.45) is 1.39. The van der Waals surface area contributed by atoms with Gasteiger partial charge in [0.25, 0.3) is 0 Å². The molecule has 0 spiro atoms. The van der Waals surface area contributed by atoms with E-state index in [-0.39, 0.29) is 5.56 Å². The Morgan fingerprint density at radius 2 is 1.84 bits per heavy atom. The lowest BCUT2D eigenvalue weighted by molar-refractivity contribution is 0.0473. The maximum Gasteiger partial charge on any atom is 0.338 e. The van der Waals surface area contributed by atoms with Crippen LogP contribution in [-0.4, -0.2) is 38.6 Å². The lowest BCUT2D eigenvalue weighted by Gasteiger charge is -2.06. The van der Waals surface area contributed by atoms with E-state index in [1.807, 2.05) is 0 Å². The number of aromatic nitrogens is 4. The van der Waals surface area contributed by atoms with E-state index < -0.39 is 35.6 Å². The molecule has 0 saturated carbocycles. The summed E-state index contributed by atoms with van der Waals surface area (Å²) in [6.45, 7) is -0.700. The van der Waals surface area contributed by atoms with Gasteiger partial charge in [-0.15, -0.1) is 5.10 Å². The predicted octanol–water partition coefficient (Wildman–Crippen LogP) is 1.98. The van der Waals surface area contributed by atoms with Crippen LogP contribution < -0.4 is 0 Å². The number of halogens is 2. The molecule has 0 fully saturated rings. The normalized spacial score (nSPS) is 10.5. The minimum Gasteiger partial charge on any atom is -0.454 e. The Morgan fingerprint density at radius 3 is 2.52 bits per heavy atom. The van der Waals surface area contributed by atoms with Crippen LogP contribution in [0.2, 0.25) is 0 Å². The van der Waals surface area contributed by atoms with Gasteiger partial charge in [-0.1, -0.05) is 0 Å². The van der Waals surface area contributed by atoms with Gasteiger partial charge in [0.1, 0.15) is 18.0 Å². The van der Waals surface area contributed by atoms with Gasteiger partial charge < -0.3 is 4.74 Å². The maximum atomic E-state index is 13.5. The van der Waals surface area contributed by atoms with Gasteiger partial charge in [0.05, 0.1) is 16.8 Å². The second-order valence-electron chi connectivity index (χ2n) is 4.92. The van der Waals surface area contributed by atoms with Gasteiger partial charge in [0, 0.05) is 0 Å². The molecule has 3 aromatic rings. The van der Waals surface area contributed by atoms with Gasteiger partial charge in [-0.25, -0.2) is 18.3 Å². The Morgan fingerprint density at radius 1 is 1.08 bits per heavy atom. The zero-order valence-electron chi connectivity index (χ0n) is 12.6. The fourth-order valence-electron chi connectivity index (χ4n) is 2.03. The first kappa shape index (κ1) is 16.4. The van der Waals surface area contributed by atoms with Crippen molar-refractivity contribution in [1.82, 2.24) is 20.2 Å². The smallest absolute Gasteiger partial charge is 0.338 e. The van der Waals surface area contributed by atoms with Crippen molar-refractivity contribution in [2.24, 2.45) is 0 Å². The first-order valence-corrected chi connectivity index (χ1v) is 7.03. The highest BCUT2D eigenvalue weighted by molar-refractivity contribution is 5.99. The van der Waals surface area contributed by atoms with Crippen LogP contribution in [0.25, 0.3) is 5.69 Å². The van der Waals surface area contributed by atoms with E-state index in [0.717, 1.165) is 18.2 Å². The Bertz CT molecular complexity index is 912. The van der Waals surface area contributed by atoms with Crippen LogP contribution >= 0.6 is 0 Å². The van der Waals surface area contributed by atoms with Crippen molar-refractivity contribution in [1.29, 1.82) is 0 Å². The van der Waals surface area contributed by atoms with Gasteiger partial charge in [-0.2, -0.15) is 0 Å². The molecule has 1 aromatic heterocycles. The van der Waals surface area contributed by atoms with Crippen molar-refractivity contribution in [3.63, 3.8) is 0 Å². The Balaban J connectivity index is 1.64. The topological polar surface area (TPSA) is 87.0 Å². The number of carbonyl (C=O) groups excluding carboxylic acids is 2. The van der Waals surface area contributed by atoms with Crippen LogP contribution in [0.4, 0.5) is 8.78 Å². The van der Waals surface area contributed by atoms with E-state index in [1.54, 1.807) is 12.1 Å². The molecule has 0 unspecified atom stereocenters. The Kier molecular flexibility index (Phi) is 4.55. The molecule has 2 aromatic carbocycles. The molecule has 9 heteroatoms. The number of carbonyl (C=O) groups is 2. The Hall–Kier alpha value is -3.49. The maximum absolute atomic E-state index is 13.5. The van der Waals surface area contributed by atoms with Crippen molar-refractivity contribution in [2.45, 2.75) is 0 Å². The number of Topliss-reactive ketones (excluding diaryl/α,β-unsaturated/α-hetero) is 1. The van der Waals surface area contributed by atoms with Crippen LogP contribution in [0.5, 0.6) is 0 Å². The standard InChI is InChI=1S/C16H10F2N4O3/c17-11-3-6-14(18)13(7-11)15(23)8-25-16(24)10-1-4-12(5-2-10)22-9-19-20-21-22/h1-7,9H,8H2. The number of hydrogen-bond donors (Lipinski definition) is 0. The number of tetrazole rings is 1. The number of nitrogens with zero attached hydrogens (tertiary/aromatic N) is 4. The quantitative estimate of drug-likeness (QED) is 0.520. The molecule has 0 bridgehead atoms. The van der Waals surface area contributed by atoms with E-state index in [2.05, 4.69) is 15.5 Å². The monoisotopic (exact) mass is 344 g/mol. The highest BCUT2D eigenvalue weighted by Gasteiger charge is 2.16. The van der Waals surface area contributed by atoms with Crippen LogP contribution in [0.15, 0.2) is 48.8 Å². The second-order valence-corrected chi connectivity index (χ2v) is 4.92. The number of esters is 1. The molecule has 1 heterocycles. The van der Waals surface area contributed by atoms with Gasteiger partial charge >= 0.3 is 5.97 Å². The third-order valence-electron chi connectivity index (χ3n) is 3.28. The van der Waals surface area contributed by atoms with Gasteiger partial charge in [-0.3, -0.25) is 4.79 Å². The summed E-state index contributed by atoms with van der Waals surface area (Å²) in [5.41, 5.74) is 0.339. The second kappa shape index (κ2) is 6.95. The minimum atomic E-state index is -0.881. The van der Waals surface area contributed by atoms with Crippen LogP contribution in [0.1, 0.15) is 20.7 Å². The summed E-state index contributed by atoms with van der Waals surface area (Å²) in [4.78, 5) is 23.8. The number of ether oxygens (including phenoxy) is 1. The lowest BCUT2D eigenvalue weighted by atomic mass is 10.1. The van der Waals surface area contributed by atoms with Crippen molar-refractivity contribution in [3.8, 4) is 5.69 Å². The fraction of sp³-hybridized carbons (Fsp3) is 0.0625. The van der Waals surface area contributed by atoms with Gasteiger partial charge in [0.2, 0.25) is 5.78 Å². The molecule has 0 atom stereocenters. The van der Waals surface area contributed by atoms with E-state index in [0.29, 0.717) is 5.69 Å². The SMILES string of the molecule is O=C(OCC(=O)c1cc(F)ccc1F)c1ccc(-n2cnnn2)cc1. The molecular weight excluding hydrogens is 334 g/mol. The summed E-state index contributed by atoms with van der Waals surface area (Å²) in [5, 5.41) is 10.7. The molecule has 0 aliphatic heterocycles. The van der Waals surface area contributed by atoms with Crippen LogP contribution in [0, 0.1) is 11.6 Å². The van der Waals surface area contributed by atoms with E-state index in [1.165, 1.54) is 23.1 Å².